The molecule has 0 spiro atoms. The molecule has 0 aliphatic carbocycles. The Morgan fingerprint density at radius 1 is 1.00 bits per heavy atom. The van der Waals surface area contributed by atoms with Crippen molar-refractivity contribution in [3.8, 4) is 0 Å². The third kappa shape index (κ3) is 9.43. The molecular weight excluding hydrogens is 292 g/mol. The largest absolute Gasteiger partial charge is 0 e. The van der Waals surface area contributed by atoms with Gasteiger partial charge in [0.15, 0.2) is 0 Å². The zero-order valence-corrected chi connectivity index (χ0v) is 5.39. The first kappa shape index (κ1) is 17.4. The fraction of sp³-hybridized carbons (Fsp3) is 0. The van der Waals surface area contributed by atoms with E-state index >= 15 is 0 Å². The van der Waals surface area contributed by atoms with Crippen molar-refractivity contribution in [1.82, 2.24) is 0 Å². The van der Waals surface area contributed by atoms with Gasteiger partial charge >= 0.3 is 19.8 Å². The van der Waals surface area contributed by atoms with Crippen LogP contribution in [0.4, 0.5) is 0 Å². The number of hydrogen-bond donors (Lipinski definition) is 0. The maximum Gasteiger partial charge on any atom is 0 e. The van der Waals surface area contributed by atoms with Gasteiger partial charge in [0.1, 0.15) is 0 Å². The second-order valence-electron chi connectivity index (χ2n) is 0. The third-order valence-corrected chi connectivity index (χ3v) is 0. The summed E-state index contributed by atoms with van der Waals surface area (Å²) in [5.41, 5.74) is 0. The molecule has 37 valence electrons. The monoisotopic (exact) mass is 291 g/mol. The molecule has 0 aromatic heterocycles. The van der Waals surface area contributed by atoms with Gasteiger partial charge in [0, 0.05) is 40.8 Å². The van der Waals surface area contributed by atoms with Gasteiger partial charge in [-0.2, -0.15) is 0 Å². The Labute approximate surface area is 60.2 Å². The van der Waals surface area contributed by atoms with Gasteiger partial charge in [-0.05, 0) is 0 Å². The van der Waals surface area contributed by atoms with Crippen LogP contribution in [0.25, 0.3) is 0 Å². The van der Waals surface area contributed by atoms with Crippen molar-refractivity contribution in [2.45, 2.75) is 0 Å². The van der Waals surface area contributed by atoms with Crippen LogP contribution in [0.5, 0.6) is 0 Å². The van der Waals surface area contributed by atoms with Crippen LogP contribution in [-0.2, 0) is 60.6 Å². The first-order valence-electron chi connectivity index (χ1n) is 0.123. The van der Waals surface area contributed by atoms with Crippen molar-refractivity contribution in [1.29, 1.82) is 0 Å². The van der Waals surface area contributed by atoms with E-state index in [2.05, 4.69) is 15.9 Å². The van der Waals surface area contributed by atoms with Crippen LogP contribution in [-0.4, -0.2) is 0 Å². The molecule has 0 rings (SSSR count). The topological polar surface area (TPSA) is 17.1 Å². The second-order valence-corrected chi connectivity index (χ2v) is 0. The van der Waals surface area contributed by atoms with E-state index in [4.69, 9.17) is 3.83 Å². The Kier molecular flexibility index (Phi) is 99.3. The molecule has 0 aromatic rings. The van der Waals surface area contributed by atoms with Crippen LogP contribution < -0.4 is 0 Å². The van der Waals surface area contributed by atoms with Crippen molar-refractivity contribution < 1.29 is 60.6 Å². The molecule has 0 atom stereocenters. The van der Waals surface area contributed by atoms with Crippen LogP contribution >= 0.6 is 0 Å². The Balaban J connectivity index is -0.00000000500. The molecular formula is CuOPd2. The number of rotatable bonds is 0. The van der Waals surface area contributed by atoms with E-state index in [-0.39, 0.29) is 40.8 Å². The van der Waals surface area contributed by atoms with Crippen molar-refractivity contribution >= 4 is 0 Å². The Morgan fingerprint density at radius 2 is 1.00 bits per heavy atom. The van der Waals surface area contributed by atoms with E-state index < -0.39 is 0 Å². The fourth-order valence-electron chi connectivity index (χ4n) is 0. The van der Waals surface area contributed by atoms with Gasteiger partial charge in [-0.25, -0.2) is 0 Å². The van der Waals surface area contributed by atoms with Crippen LogP contribution in [0.15, 0.2) is 0 Å². The minimum absolute atomic E-state index is 0. The molecule has 4 heteroatoms. The molecule has 0 aromatic carbocycles. The van der Waals surface area contributed by atoms with Gasteiger partial charge in [-0.15, -0.1) is 0 Å². The van der Waals surface area contributed by atoms with E-state index in [9.17, 15) is 0 Å². The molecule has 0 heterocycles. The molecule has 0 radical (unpaired) electrons. The SMILES string of the molecule is [O]=[Cu].[Pd].[Pd]. The minimum atomic E-state index is 0. The number of hydrogen-bond acceptors (Lipinski definition) is 1. The van der Waals surface area contributed by atoms with E-state index in [0.29, 0.717) is 0 Å². The predicted molar refractivity (Wildman–Crippen MR) is 0.686 cm³/mol. The van der Waals surface area contributed by atoms with Crippen molar-refractivity contribution in [3.05, 3.63) is 0 Å². The van der Waals surface area contributed by atoms with Gasteiger partial charge in [0.25, 0.3) is 0 Å². The fourth-order valence-corrected chi connectivity index (χ4v) is 0. The Bertz CT molecular complexity index is 6.00. The summed E-state index contributed by atoms with van der Waals surface area (Å²) in [6.07, 6.45) is 0. The predicted octanol–water partition coefficient (Wildman–Crippen LogP) is -0.126. The van der Waals surface area contributed by atoms with Crippen LogP contribution in [0.3, 0.4) is 0 Å². The summed E-state index contributed by atoms with van der Waals surface area (Å²) < 4.78 is 7.81. The van der Waals surface area contributed by atoms with Crippen LogP contribution in [0.2, 0.25) is 0 Å². The molecule has 0 unspecified atom stereocenters. The van der Waals surface area contributed by atoms with Crippen LogP contribution in [0, 0.1) is 0 Å². The van der Waals surface area contributed by atoms with E-state index in [1.165, 1.54) is 0 Å². The average Bonchev–Trinajstić information content (AvgIpc) is 1.00. The Hall–Kier alpha value is 1.64. The van der Waals surface area contributed by atoms with E-state index in [1.807, 2.05) is 0 Å². The van der Waals surface area contributed by atoms with Gasteiger partial charge in [-0.3, -0.25) is 0 Å². The molecule has 0 aliphatic rings. The minimum Gasteiger partial charge on any atom is 0 e. The standard InChI is InChI=1S/Cu.O.2Pd. The molecule has 0 N–H and O–H groups in total. The molecule has 0 fully saturated rings. The Morgan fingerprint density at radius 3 is 1.00 bits per heavy atom. The van der Waals surface area contributed by atoms with Gasteiger partial charge in [-0.1, -0.05) is 0 Å². The summed E-state index contributed by atoms with van der Waals surface area (Å²) in [4.78, 5) is 0. The van der Waals surface area contributed by atoms with Crippen molar-refractivity contribution in [2.24, 2.45) is 0 Å². The first-order valence-corrected chi connectivity index (χ1v) is 0.508. The molecule has 0 saturated carbocycles. The van der Waals surface area contributed by atoms with Gasteiger partial charge < -0.3 is 0 Å². The van der Waals surface area contributed by atoms with E-state index in [1.54, 1.807) is 0 Å². The summed E-state index contributed by atoms with van der Waals surface area (Å²) in [6, 6.07) is 0. The molecule has 0 amide bonds. The van der Waals surface area contributed by atoms with Gasteiger partial charge in [0.05, 0.1) is 0 Å². The molecule has 1 nitrogen and oxygen atoms in total. The van der Waals surface area contributed by atoms with E-state index in [0.717, 1.165) is 0 Å². The zero-order chi connectivity index (χ0) is 2.00. The van der Waals surface area contributed by atoms with Crippen molar-refractivity contribution in [2.75, 3.05) is 0 Å². The molecule has 0 aliphatic heterocycles. The van der Waals surface area contributed by atoms with Crippen molar-refractivity contribution in [3.63, 3.8) is 0 Å². The molecule has 4 heavy (non-hydrogen) atoms. The smallest absolute Gasteiger partial charge is 0 e. The summed E-state index contributed by atoms with van der Waals surface area (Å²) in [6.45, 7) is 0. The summed E-state index contributed by atoms with van der Waals surface area (Å²) >= 11 is 2.94. The third-order valence-electron chi connectivity index (χ3n) is 0. The summed E-state index contributed by atoms with van der Waals surface area (Å²) in [5.74, 6) is 0. The molecule has 0 saturated heterocycles. The summed E-state index contributed by atoms with van der Waals surface area (Å²) in [5, 5.41) is 0. The first-order chi connectivity index (χ1) is 1.00. The second kappa shape index (κ2) is 22.8. The quantitative estimate of drug-likeness (QED) is 0.569. The zero-order valence-electron chi connectivity index (χ0n) is 1.34. The molecule has 0 bridgehead atoms. The maximum absolute atomic E-state index is 7.81. The van der Waals surface area contributed by atoms with Gasteiger partial charge in [0.2, 0.25) is 0 Å². The normalized spacial score (nSPS) is 1.50. The summed E-state index contributed by atoms with van der Waals surface area (Å²) in [7, 11) is 0. The average molecular weight is 292 g/mol. The van der Waals surface area contributed by atoms with Crippen LogP contribution in [0.1, 0.15) is 0 Å². The maximum atomic E-state index is 7.81.